The molecule has 1 amide bonds. The van der Waals surface area contributed by atoms with Gasteiger partial charge in [-0.2, -0.15) is 0 Å². The summed E-state index contributed by atoms with van der Waals surface area (Å²) in [6, 6.07) is 11.6. The summed E-state index contributed by atoms with van der Waals surface area (Å²) in [6.07, 6.45) is 0. The van der Waals surface area contributed by atoms with Gasteiger partial charge in [0.15, 0.2) is 5.69 Å². The number of aryl methyl sites for hydroxylation is 1. The molecule has 0 N–H and O–H groups in total. The lowest BCUT2D eigenvalue weighted by molar-refractivity contribution is 0.0744. The normalized spacial score (nSPS) is 10.4. The van der Waals surface area contributed by atoms with Gasteiger partial charge in [-0.1, -0.05) is 51.4 Å². The summed E-state index contributed by atoms with van der Waals surface area (Å²) in [5.74, 6) is 0.530. The third-order valence-electron chi connectivity index (χ3n) is 2.70. The van der Waals surface area contributed by atoms with Crippen LogP contribution in [0.25, 0.3) is 0 Å². The molecule has 0 spiro atoms. The molecule has 0 saturated heterocycles. The fourth-order valence-corrected chi connectivity index (χ4v) is 2.22. The highest BCUT2D eigenvalue weighted by molar-refractivity contribution is 9.09. The fraction of sp³-hybridized carbons (Fsp3) is 0.286. The highest BCUT2D eigenvalue weighted by atomic mass is 79.9. The molecule has 0 saturated carbocycles. The maximum Gasteiger partial charge on any atom is 0.276 e. The summed E-state index contributed by atoms with van der Waals surface area (Å²) in [5.41, 5.74) is 1.45. The minimum absolute atomic E-state index is 0.111. The van der Waals surface area contributed by atoms with E-state index in [4.69, 9.17) is 4.52 Å². The van der Waals surface area contributed by atoms with Crippen LogP contribution in [0.4, 0.5) is 0 Å². The Balaban J connectivity index is 2.13. The lowest BCUT2D eigenvalue weighted by atomic mass is 10.2. The molecule has 1 aromatic heterocycles. The Hall–Kier alpha value is -1.62. The molecule has 0 bridgehead atoms. The molecule has 0 aliphatic carbocycles. The molecule has 0 unspecified atom stereocenters. The van der Waals surface area contributed by atoms with Crippen molar-refractivity contribution in [1.29, 1.82) is 0 Å². The standard InChI is InChI=1S/C14H15BrN2O2/c1-11-9-13(16-19-11)14(18)17(8-7-15)10-12-5-3-2-4-6-12/h2-6,9H,7-8,10H2,1H3. The number of hydrogen-bond acceptors (Lipinski definition) is 3. The van der Waals surface area contributed by atoms with Gasteiger partial charge in [0.05, 0.1) is 0 Å². The van der Waals surface area contributed by atoms with Crippen molar-refractivity contribution in [3.63, 3.8) is 0 Å². The fourth-order valence-electron chi connectivity index (χ4n) is 1.79. The van der Waals surface area contributed by atoms with Crippen molar-refractivity contribution in [1.82, 2.24) is 10.1 Å². The molecule has 0 aliphatic heterocycles. The Morgan fingerprint density at radius 2 is 2.11 bits per heavy atom. The Labute approximate surface area is 120 Å². The van der Waals surface area contributed by atoms with Crippen LogP contribution in [-0.4, -0.2) is 27.8 Å². The third-order valence-corrected chi connectivity index (χ3v) is 3.06. The van der Waals surface area contributed by atoms with E-state index in [1.807, 2.05) is 30.3 Å². The van der Waals surface area contributed by atoms with E-state index in [-0.39, 0.29) is 5.91 Å². The first-order chi connectivity index (χ1) is 9.20. The van der Waals surface area contributed by atoms with E-state index in [1.165, 1.54) is 0 Å². The van der Waals surface area contributed by atoms with Crippen LogP contribution in [0.5, 0.6) is 0 Å². The van der Waals surface area contributed by atoms with Crippen LogP contribution in [0.1, 0.15) is 21.8 Å². The van der Waals surface area contributed by atoms with E-state index in [0.29, 0.717) is 24.5 Å². The predicted molar refractivity (Wildman–Crippen MR) is 76.2 cm³/mol. The van der Waals surface area contributed by atoms with Crippen LogP contribution >= 0.6 is 15.9 Å². The number of carbonyl (C=O) groups is 1. The van der Waals surface area contributed by atoms with E-state index < -0.39 is 0 Å². The van der Waals surface area contributed by atoms with Crippen molar-refractivity contribution in [2.24, 2.45) is 0 Å². The SMILES string of the molecule is Cc1cc(C(=O)N(CCBr)Cc2ccccc2)no1. The summed E-state index contributed by atoms with van der Waals surface area (Å²) in [4.78, 5) is 14.1. The Bertz CT molecular complexity index is 539. The molecule has 0 fully saturated rings. The monoisotopic (exact) mass is 322 g/mol. The van der Waals surface area contributed by atoms with Gasteiger partial charge in [-0.05, 0) is 12.5 Å². The van der Waals surface area contributed by atoms with Crippen molar-refractivity contribution in [3.05, 3.63) is 53.4 Å². The number of benzene rings is 1. The predicted octanol–water partition coefficient (Wildman–Crippen LogP) is 3.02. The molecule has 2 aromatic rings. The van der Waals surface area contributed by atoms with E-state index >= 15 is 0 Å². The maximum atomic E-state index is 12.3. The summed E-state index contributed by atoms with van der Waals surface area (Å²) < 4.78 is 4.95. The Morgan fingerprint density at radius 3 is 2.68 bits per heavy atom. The number of alkyl halides is 1. The third kappa shape index (κ3) is 3.67. The molecule has 1 aromatic carbocycles. The lowest BCUT2D eigenvalue weighted by Gasteiger charge is -2.20. The van der Waals surface area contributed by atoms with Gasteiger partial charge >= 0.3 is 0 Å². The number of rotatable bonds is 5. The maximum absolute atomic E-state index is 12.3. The molecule has 0 radical (unpaired) electrons. The second kappa shape index (κ2) is 6.52. The van der Waals surface area contributed by atoms with Crippen molar-refractivity contribution in [2.45, 2.75) is 13.5 Å². The average molecular weight is 323 g/mol. The topological polar surface area (TPSA) is 46.3 Å². The summed E-state index contributed by atoms with van der Waals surface area (Å²) >= 11 is 3.37. The molecule has 4 nitrogen and oxygen atoms in total. The van der Waals surface area contributed by atoms with Crippen molar-refractivity contribution in [2.75, 3.05) is 11.9 Å². The first-order valence-electron chi connectivity index (χ1n) is 6.03. The Morgan fingerprint density at radius 1 is 1.37 bits per heavy atom. The van der Waals surface area contributed by atoms with Gasteiger partial charge < -0.3 is 9.42 Å². The summed E-state index contributed by atoms with van der Waals surface area (Å²) in [5, 5.41) is 4.50. The minimum atomic E-state index is -0.111. The molecule has 5 heteroatoms. The van der Waals surface area contributed by atoms with Crippen LogP contribution in [-0.2, 0) is 6.54 Å². The Kier molecular flexibility index (Phi) is 4.74. The van der Waals surface area contributed by atoms with Crippen LogP contribution in [0.3, 0.4) is 0 Å². The second-order valence-electron chi connectivity index (χ2n) is 4.22. The smallest absolute Gasteiger partial charge is 0.276 e. The molecular weight excluding hydrogens is 308 g/mol. The molecule has 0 atom stereocenters. The molecule has 0 aliphatic rings. The zero-order valence-corrected chi connectivity index (χ0v) is 12.3. The zero-order chi connectivity index (χ0) is 13.7. The van der Waals surface area contributed by atoms with Crippen molar-refractivity contribution in [3.8, 4) is 0 Å². The van der Waals surface area contributed by atoms with E-state index in [2.05, 4.69) is 21.1 Å². The van der Waals surface area contributed by atoms with Gasteiger partial charge in [-0.15, -0.1) is 0 Å². The highest BCUT2D eigenvalue weighted by Gasteiger charge is 2.18. The number of halogens is 1. The van der Waals surface area contributed by atoms with Gasteiger partial charge in [0.2, 0.25) is 0 Å². The summed E-state index contributed by atoms with van der Waals surface area (Å²) in [7, 11) is 0. The highest BCUT2D eigenvalue weighted by Crippen LogP contribution is 2.11. The van der Waals surface area contributed by atoms with Crippen LogP contribution in [0.2, 0.25) is 0 Å². The number of amides is 1. The quantitative estimate of drug-likeness (QED) is 0.795. The number of carbonyl (C=O) groups excluding carboxylic acids is 1. The van der Waals surface area contributed by atoms with E-state index in [9.17, 15) is 4.79 Å². The molecule has 100 valence electrons. The van der Waals surface area contributed by atoms with E-state index in [0.717, 1.165) is 10.9 Å². The number of nitrogens with zero attached hydrogens (tertiary/aromatic N) is 2. The second-order valence-corrected chi connectivity index (χ2v) is 5.02. The first-order valence-corrected chi connectivity index (χ1v) is 7.15. The van der Waals surface area contributed by atoms with E-state index in [1.54, 1.807) is 17.9 Å². The van der Waals surface area contributed by atoms with Gasteiger partial charge in [0.25, 0.3) is 5.91 Å². The van der Waals surface area contributed by atoms with Crippen LogP contribution < -0.4 is 0 Å². The molecule has 2 rings (SSSR count). The van der Waals surface area contributed by atoms with Crippen LogP contribution in [0.15, 0.2) is 40.9 Å². The largest absolute Gasteiger partial charge is 0.361 e. The number of aromatic nitrogens is 1. The van der Waals surface area contributed by atoms with Gasteiger partial charge in [-0.25, -0.2) is 0 Å². The molecule has 1 heterocycles. The first kappa shape index (κ1) is 13.8. The minimum Gasteiger partial charge on any atom is -0.361 e. The van der Waals surface area contributed by atoms with Crippen molar-refractivity contribution < 1.29 is 9.32 Å². The molecular formula is C14H15BrN2O2. The zero-order valence-electron chi connectivity index (χ0n) is 10.7. The van der Waals surface area contributed by atoms with Crippen molar-refractivity contribution >= 4 is 21.8 Å². The van der Waals surface area contributed by atoms with Crippen LogP contribution in [0, 0.1) is 6.92 Å². The average Bonchev–Trinajstić information content (AvgIpc) is 2.85. The van der Waals surface area contributed by atoms with Gasteiger partial charge in [0, 0.05) is 24.5 Å². The number of hydrogen-bond donors (Lipinski definition) is 0. The van der Waals surface area contributed by atoms with Gasteiger partial charge in [0.1, 0.15) is 5.76 Å². The molecule has 19 heavy (non-hydrogen) atoms. The summed E-state index contributed by atoms with van der Waals surface area (Å²) in [6.45, 7) is 2.96. The lowest BCUT2D eigenvalue weighted by Crippen LogP contribution is -2.32. The van der Waals surface area contributed by atoms with Gasteiger partial charge in [-0.3, -0.25) is 4.79 Å².